The lowest BCUT2D eigenvalue weighted by Crippen LogP contribution is -2.49. The highest BCUT2D eigenvalue weighted by Gasteiger charge is 2.25. The number of nitrogens with one attached hydrogen (secondary N) is 2. The summed E-state index contributed by atoms with van der Waals surface area (Å²) >= 11 is 0. The molecule has 0 radical (unpaired) electrons. The van der Waals surface area contributed by atoms with Crippen molar-refractivity contribution in [3.8, 4) is 0 Å². The average Bonchev–Trinajstić information content (AvgIpc) is 2.46. The van der Waals surface area contributed by atoms with E-state index in [0.29, 0.717) is 19.7 Å². The molecule has 0 aliphatic carbocycles. The Kier molecular flexibility index (Phi) is 7.15. The van der Waals surface area contributed by atoms with E-state index in [-0.39, 0.29) is 29.8 Å². The zero-order valence-electron chi connectivity index (χ0n) is 12.7. The Bertz CT molecular complexity index is 431. The summed E-state index contributed by atoms with van der Waals surface area (Å²) in [7, 11) is 0. The number of hydrogen-bond donors (Lipinski definition) is 2. The lowest BCUT2D eigenvalue weighted by molar-refractivity contribution is -0.134. The molecule has 2 rings (SSSR count). The van der Waals surface area contributed by atoms with Crippen LogP contribution in [0, 0.1) is 5.41 Å². The molecule has 0 aromatic heterocycles. The van der Waals surface area contributed by atoms with Crippen molar-refractivity contribution in [3.63, 3.8) is 0 Å². The van der Waals surface area contributed by atoms with E-state index >= 15 is 0 Å². The van der Waals surface area contributed by atoms with Crippen LogP contribution < -0.4 is 10.6 Å². The van der Waals surface area contributed by atoms with Gasteiger partial charge in [-0.2, -0.15) is 0 Å². The second-order valence-electron chi connectivity index (χ2n) is 6.11. The molecular formula is C16H25ClN2O2. The van der Waals surface area contributed by atoms with Crippen molar-refractivity contribution in [3.05, 3.63) is 35.9 Å². The molecular weight excluding hydrogens is 288 g/mol. The number of carbonyl (C=O) groups is 1. The van der Waals surface area contributed by atoms with Crippen molar-refractivity contribution >= 4 is 18.3 Å². The van der Waals surface area contributed by atoms with E-state index < -0.39 is 0 Å². The molecule has 5 heteroatoms. The van der Waals surface area contributed by atoms with Gasteiger partial charge in [0.1, 0.15) is 6.10 Å². The van der Waals surface area contributed by atoms with Crippen molar-refractivity contribution in [2.75, 3.05) is 26.2 Å². The number of amides is 1. The highest BCUT2D eigenvalue weighted by atomic mass is 35.5. The summed E-state index contributed by atoms with van der Waals surface area (Å²) in [6, 6.07) is 10.4. The molecule has 1 saturated heterocycles. The lowest BCUT2D eigenvalue weighted by atomic mass is 9.85. The van der Waals surface area contributed by atoms with Crippen molar-refractivity contribution in [1.29, 1.82) is 0 Å². The zero-order chi connectivity index (χ0) is 14.4. The highest BCUT2D eigenvalue weighted by molar-refractivity contribution is 5.85. The molecule has 0 bridgehead atoms. The lowest BCUT2D eigenvalue weighted by Gasteiger charge is -2.28. The van der Waals surface area contributed by atoms with Gasteiger partial charge in [0.25, 0.3) is 0 Å². The first-order valence-electron chi connectivity index (χ1n) is 7.21. The Morgan fingerprint density at radius 3 is 2.71 bits per heavy atom. The number of rotatable bonds is 5. The molecule has 1 heterocycles. The molecule has 1 aromatic rings. The van der Waals surface area contributed by atoms with Gasteiger partial charge >= 0.3 is 0 Å². The minimum atomic E-state index is -0.351. The summed E-state index contributed by atoms with van der Waals surface area (Å²) in [5.41, 5.74) is 1.32. The van der Waals surface area contributed by atoms with E-state index in [1.54, 1.807) is 0 Å². The largest absolute Gasteiger partial charge is 0.366 e. The molecule has 118 valence electrons. The second kappa shape index (κ2) is 8.37. The minimum Gasteiger partial charge on any atom is -0.366 e. The first-order valence-corrected chi connectivity index (χ1v) is 7.21. The number of carbonyl (C=O) groups excluding carboxylic acids is 1. The maximum atomic E-state index is 12.0. The fourth-order valence-electron chi connectivity index (χ4n) is 2.38. The number of benzene rings is 1. The van der Waals surface area contributed by atoms with Crippen LogP contribution in [-0.2, 0) is 16.0 Å². The van der Waals surface area contributed by atoms with Gasteiger partial charge in [-0.25, -0.2) is 0 Å². The second-order valence-corrected chi connectivity index (χ2v) is 6.11. The van der Waals surface area contributed by atoms with Crippen molar-refractivity contribution < 1.29 is 9.53 Å². The normalized spacial score (nSPS) is 18.7. The summed E-state index contributed by atoms with van der Waals surface area (Å²) < 4.78 is 5.45. The monoisotopic (exact) mass is 312 g/mol. The molecule has 1 aliphatic heterocycles. The Labute approximate surface area is 133 Å². The van der Waals surface area contributed by atoms with Gasteiger partial charge in [-0.05, 0) is 17.4 Å². The number of morpholine rings is 1. The molecule has 1 aromatic carbocycles. The molecule has 1 fully saturated rings. The van der Waals surface area contributed by atoms with E-state index in [9.17, 15) is 4.79 Å². The minimum absolute atomic E-state index is 0. The average molecular weight is 313 g/mol. The SMILES string of the molecule is CC(C)(CNC(=O)C1CNCCO1)Cc1ccccc1.Cl. The quantitative estimate of drug-likeness (QED) is 0.871. The Balaban J connectivity index is 0.00000220. The topological polar surface area (TPSA) is 50.4 Å². The van der Waals surface area contributed by atoms with Crippen molar-refractivity contribution in [2.24, 2.45) is 5.41 Å². The van der Waals surface area contributed by atoms with E-state index in [0.717, 1.165) is 13.0 Å². The van der Waals surface area contributed by atoms with E-state index in [1.165, 1.54) is 5.56 Å². The van der Waals surface area contributed by atoms with Crippen LogP contribution in [0.3, 0.4) is 0 Å². The van der Waals surface area contributed by atoms with Crippen LogP contribution in [0.1, 0.15) is 19.4 Å². The van der Waals surface area contributed by atoms with Crippen LogP contribution in [0.4, 0.5) is 0 Å². The standard InChI is InChI=1S/C16H24N2O2.ClH/c1-16(2,10-13-6-4-3-5-7-13)12-18-15(19)14-11-17-8-9-20-14;/h3-7,14,17H,8-12H2,1-2H3,(H,18,19);1H. The van der Waals surface area contributed by atoms with Crippen LogP contribution in [0.5, 0.6) is 0 Å². The summed E-state index contributed by atoms with van der Waals surface area (Å²) in [6.45, 7) is 7.01. The predicted molar refractivity (Wildman–Crippen MR) is 86.8 cm³/mol. The van der Waals surface area contributed by atoms with E-state index in [1.807, 2.05) is 18.2 Å². The van der Waals surface area contributed by atoms with Gasteiger partial charge in [-0.1, -0.05) is 44.2 Å². The van der Waals surface area contributed by atoms with Crippen LogP contribution >= 0.6 is 12.4 Å². The molecule has 1 amide bonds. The highest BCUT2D eigenvalue weighted by Crippen LogP contribution is 2.20. The first-order chi connectivity index (χ1) is 9.57. The maximum absolute atomic E-state index is 12.0. The Morgan fingerprint density at radius 2 is 2.10 bits per heavy atom. The number of ether oxygens (including phenoxy) is 1. The molecule has 2 N–H and O–H groups in total. The van der Waals surface area contributed by atoms with Crippen molar-refractivity contribution in [2.45, 2.75) is 26.4 Å². The predicted octanol–water partition coefficient (Wildman–Crippen LogP) is 1.78. The molecule has 1 unspecified atom stereocenters. The molecule has 1 atom stereocenters. The third kappa shape index (κ3) is 6.04. The zero-order valence-corrected chi connectivity index (χ0v) is 13.5. The fourth-order valence-corrected chi connectivity index (χ4v) is 2.38. The Hall–Kier alpha value is -1.10. The van der Waals surface area contributed by atoms with Gasteiger partial charge in [0.05, 0.1) is 6.61 Å². The van der Waals surface area contributed by atoms with Gasteiger partial charge in [-0.3, -0.25) is 4.79 Å². The molecule has 0 spiro atoms. The summed E-state index contributed by atoms with van der Waals surface area (Å²) in [5, 5.41) is 6.18. The molecule has 1 aliphatic rings. The summed E-state index contributed by atoms with van der Waals surface area (Å²) in [5.74, 6) is -0.0154. The smallest absolute Gasteiger partial charge is 0.250 e. The van der Waals surface area contributed by atoms with Gasteiger partial charge in [0.15, 0.2) is 0 Å². The van der Waals surface area contributed by atoms with E-state index in [4.69, 9.17) is 4.74 Å². The Morgan fingerprint density at radius 1 is 1.38 bits per heavy atom. The summed E-state index contributed by atoms with van der Waals surface area (Å²) in [4.78, 5) is 12.0. The van der Waals surface area contributed by atoms with Crippen LogP contribution in [-0.4, -0.2) is 38.3 Å². The number of hydrogen-bond acceptors (Lipinski definition) is 3. The van der Waals surface area contributed by atoms with Crippen molar-refractivity contribution in [1.82, 2.24) is 10.6 Å². The summed E-state index contributed by atoms with van der Waals surface area (Å²) in [6.07, 6.45) is 0.592. The molecule has 0 saturated carbocycles. The van der Waals surface area contributed by atoms with Crippen LogP contribution in [0.25, 0.3) is 0 Å². The van der Waals surface area contributed by atoms with Gasteiger partial charge in [-0.15, -0.1) is 12.4 Å². The van der Waals surface area contributed by atoms with E-state index in [2.05, 4.69) is 36.6 Å². The van der Waals surface area contributed by atoms with Gasteiger partial charge < -0.3 is 15.4 Å². The molecule has 21 heavy (non-hydrogen) atoms. The van der Waals surface area contributed by atoms with Crippen LogP contribution in [0.15, 0.2) is 30.3 Å². The third-order valence-electron chi connectivity index (χ3n) is 3.49. The molecule has 4 nitrogen and oxygen atoms in total. The fraction of sp³-hybridized carbons (Fsp3) is 0.562. The first kappa shape index (κ1) is 18.0. The number of halogens is 1. The maximum Gasteiger partial charge on any atom is 0.250 e. The third-order valence-corrected chi connectivity index (χ3v) is 3.49. The van der Waals surface area contributed by atoms with Gasteiger partial charge in [0.2, 0.25) is 5.91 Å². The van der Waals surface area contributed by atoms with Crippen LogP contribution in [0.2, 0.25) is 0 Å². The van der Waals surface area contributed by atoms with Gasteiger partial charge in [0, 0.05) is 19.6 Å².